The van der Waals surface area contributed by atoms with Gasteiger partial charge in [0.25, 0.3) is 0 Å². The van der Waals surface area contributed by atoms with Gasteiger partial charge >= 0.3 is 0 Å². The molecule has 1 aliphatic carbocycles. The van der Waals surface area contributed by atoms with Gasteiger partial charge in [-0.1, -0.05) is 25.4 Å². The number of carbonyl (C=O) groups excluding carboxylic acids is 1. The molecule has 2 aliphatic heterocycles. The van der Waals surface area contributed by atoms with Crippen molar-refractivity contribution in [1.29, 1.82) is 0 Å². The summed E-state index contributed by atoms with van der Waals surface area (Å²) >= 11 is 6.28. The first kappa shape index (κ1) is 19.4. The number of aromatic nitrogens is 1. The molecule has 5 rings (SSSR count). The Morgan fingerprint density at radius 1 is 1.17 bits per heavy atom. The van der Waals surface area contributed by atoms with Crippen molar-refractivity contribution in [3.8, 4) is 0 Å². The van der Waals surface area contributed by atoms with Crippen LogP contribution in [0.5, 0.6) is 0 Å². The monoisotopic (exact) mass is 413 g/mol. The Kier molecular flexibility index (Phi) is 5.11. The van der Waals surface area contributed by atoms with Crippen molar-refractivity contribution in [1.82, 2.24) is 14.8 Å². The molecule has 29 heavy (non-hydrogen) atoms. The van der Waals surface area contributed by atoms with E-state index in [0.717, 1.165) is 61.9 Å². The van der Waals surface area contributed by atoms with E-state index >= 15 is 0 Å². The van der Waals surface area contributed by atoms with E-state index in [1.165, 1.54) is 29.5 Å². The van der Waals surface area contributed by atoms with Crippen LogP contribution in [0.2, 0.25) is 5.02 Å². The highest BCUT2D eigenvalue weighted by Gasteiger charge is 2.39. The van der Waals surface area contributed by atoms with Crippen LogP contribution in [0.3, 0.4) is 0 Å². The van der Waals surface area contributed by atoms with Crippen molar-refractivity contribution >= 4 is 28.4 Å². The summed E-state index contributed by atoms with van der Waals surface area (Å²) in [6, 6.07) is 7.06. The maximum Gasteiger partial charge on any atom is 0.226 e. The zero-order valence-corrected chi connectivity index (χ0v) is 18.3. The second-order valence-electron chi connectivity index (χ2n) is 9.68. The number of amides is 1. The van der Waals surface area contributed by atoms with Crippen LogP contribution in [-0.2, 0) is 11.2 Å². The van der Waals surface area contributed by atoms with Crippen LogP contribution < -0.4 is 0 Å². The van der Waals surface area contributed by atoms with Gasteiger partial charge in [0.05, 0.1) is 6.04 Å². The largest absolute Gasteiger partial charge is 0.356 e. The van der Waals surface area contributed by atoms with Crippen molar-refractivity contribution in [2.75, 3.05) is 19.6 Å². The fourth-order valence-electron chi connectivity index (χ4n) is 5.48. The molecule has 0 bridgehead atoms. The van der Waals surface area contributed by atoms with E-state index in [9.17, 15) is 4.79 Å². The second-order valence-corrected chi connectivity index (χ2v) is 10.1. The predicted octanol–water partition coefficient (Wildman–Crippen LogP) is 5.17. The molecule has 3 heterocycles. The molecule has 1 N–H and O–H groups in total. The Hall–Kier alpha value is -1.52. The van der Waals surface area contributed by atoms with Crippen LogP contribution in [0.25, 0.3) is 10.9 Å². The lowest BCUT2D eigenvalue weighted by molar-refractivity contribution is -0.140. The van der Waals surface area contributed by atoms with Crippen LogP contribution in [0.15, 0.2) is 18.2 Å². The number of hydrogen-bond acceptors (Lipinski definition) is 2. The van der Waals surface area contributed by atoms with E-state index in [1.807, 2.05) is 6.07 Å². The topological polar surface area (TPSA) is 39.3 Å². The summed E-state index contributed by atoms with van der Waals surface area (Å²) in [5.74, 6) is 1.11. The van der Waals surface area contributed by atoms with E-state index in [2.05, 4.69) is 40.8 Å². The van der Waals surface area contributed by atoms with Gasteiger partial charge in [-0.3, -0.25) is 4.79 Å². The summed E-state index contributed by atoms with van der Waals surface area (Å²) in [4.78, 5) is 22.1. The summed E-state index contributed by atoms with van der Waals surface area (Å²) in [5, 5.41) is 2.01. The summed E-state index contributed by atoms with van der Waals surface area (Å²) in [7, 11) is 0. The quantitative estimate of drug-likeness (QED) is 0.751. The van der Waals surface area contributed by atoms with Crippen molar-refractivity contribution < 1.29 is 4.79 Å². The van der Waals surface area contributed by atoms with Crippen molar-refractivity contribution in [3.63, 3.8) is 0 Å². The molecule has 2 fully saturated rings. The molecule has 1 aromatic carbocycles. The Balaban J connectivity index is 1.41. The average Bonchev–Trinajstić information content (AvgIpc) is 3.49. The smallest absolute Gasteiger partial charge is 0.226 e. The average molecular weight is 414 g/mol. The van der Waals surface area contributed by atoms with Crippen LogP contribution in [0, 0.1) is 11.8 Å². The van der Waals surface area contributed by atoms with Gasteiger partial charge in [-0.25, -0.2) is 0 Å². The molecular formula is C24H32ClN3O. The summed E-state index contributed by atoms with van der Waals surface area (Å²) in [5.41, 5.74) is 3.74. The molecule has 0 radical (unpaired) electrons. The van der Waals surface area contributed by atoms with E-state index in [1.54, 1.807) is 0 Å². The predicted molar refractivity (Wildman–Crippen MR) is 118 cm³/mol. The second kappa shape index (κ2) is 7.63. The van der Waals surface area contributed by atoms with Gasteiger partial charge < -0.3 is 14.8 Å². The van der Waals surface area contributed by atoms with Gasteiger partial charge in [0.15, 0.2) is 0 Å². The van der Waals surface area contributed by atoms with E-state index in [4.69, 9.17) is 11.6 Å². The number of nitrogens with one attached hydrogen (secondary N) is 1. The molecule has 156 valence electrons. The number of carbonyl (C=O) groups is 1. The highest BCUT2D eigenvalue weighted by molar-refractivity contribution is 6.31. The minimum atomic E-state index is 0.152. The maximum absolute atomic E-state index is 13.6. The van der Waals surface area contributed by atoms with Crippen LogP contribution in [0.4, 0.5) is 0 Å². The molecule has 0 spiro atoms. The van der Waals surface area contributed by atoms with Crippen LogP contribution >= 0.6 is 11.6 Å². The maximum atomic E-state index is 13.6. The van der Waals surface area contributed by atoms with Gasteiger partial charge in [0.2, 0.25) is 5.91 Å². The lowest BCUT2D eigenvalue weighted by Gasteiger charge is -2.40. The number of rotatable bonds is 4. The number of hydrogen-bond donors (Lipinski definition) is 1. The van der Waals surface area contributed by atoms with Gasteiger partial charge in [0, 0.05) is 40.1 Å². The third-order valence-electron chi connectivity index (χ3n) is 7.13. The summed E-state index contributed by atoms with van der Waals surface area (Å²) < 4.78 is 0. The standard InChI is InChI=1S/C24H32ClN3O/c1-15(2)13-22-23-19(20-14-17(25)3-6-21(20)26-23)9-12-28(22)24(29)16-7-10-27(11-8-16)18-4-5-18/h3,6,14-16,18,22,26H,4-5,7-13H2,1-2H3/t22-/m0/s1. The van der Waals surface area contributed by atoms with Gasteiger partial charge in [-0.05, 0) is 81.3 Å². The number of fused-ring (bicyclic) bond motifs is 3. The Bertz CT molecular complexity index is 908. The molecule has 5 heteroatoms. The minimum Gasteiger partial charge on any atom is -0.356 e. The lowest BCUT2D eigenvalue weighted by Crippen LogP contribution is -2.47. The first-order valence-electron chi connectivity index (χ1n) is 11.4. The SMILES string of the molecule is CC(C)C[C@H]1c2[nH]c3ccc(Cl)cc3c2CCN1C(=O)C1CCN(C2CC2)CC1. The molecule has 1 saturated carbocycles. The summed E-state index contributed by atoms with van der Waals surface area (Å²) in [6.07, 6.45) is 6.67. The van der Waals surface area contributed by atoms with Crippen LogP contribution in [0.1, 0.15) is 63.3 Å². The van der Waals surface area contributed by atoms with Gasteiger partial charge in [-0.15, -0.1) is 0 Å². The molecule has 1 saturated heterocycles. The van der Waals surface area contributed by atoms with Crippen molar-refractivity contribution in [2.24, 2.45) is 11.8 Å². The highest BCUT2D eigenvalue weighted by atomic mass is 35.5. The molecule has 1 atom stereocenters. The third kappa shape index (κ3) is 3.70. The number of aromatic amines is 1. The zero-order valence-electron chi connectivity index (χ0n) is 17.6. The number of piperidine rings is 1. The molecule has 1 amide bonds. The van der Waals surface area contributed by atoms with Gasteiger partial charge in [0.1, 0.15) is 0 Å². The van der Waals surface area contributed by atoms with Crippen LogP contribution in [-0.4, -0.2) is 46.4 Å². The normalized spacial score (nSPS) is 23.7. The molecule has 4 nitrogen and oxygen atoms in total. The number of halogens is 1. The molecule has 2 aromatic rings. The minimum absolute atomic E-state index is 0.152. The van der Waals surface area contributed by atoms with E-state index < -0.39 is 0 Å². The number of H-pyrrole nitrogens is 1. The van der Waals surface area contributed by atoms with E-state index in [-0.39, 0.29) is 12.0 Å². The highest BCUT2D eigenvalue weighted by Crippen LogP contribution is 2.40. The Morgan fingerprint density at radius 2 is 1.93 bits per heavy atom. The van der Waals surface area contributed by atoms with E-state index in [0.29, 0.717) is 11.8 Å². The first-order chi connectivity index (χ1) is 14.0. The fraction of sp³-hybridized carbons (Fsp3) is 0.625. The molecule has 0 unspecified atom stereocenters. The molecule has 1 aromatic heterocycles. The van der Waals surface area contributed by atoms with Crippen molar-refractivity contribution in [3.05, 3.63) is 34.5 Å². The third-order valence-corrected chi connectivity index (χ3v) is 7.37. The zero-order chi connectivity index (χ0) is 20.1. The molecule has 3 aliphatic rings. The first-order valence-corrected chi connectivity index (χ1v) is 11.7. The Morgan fingerprint density at radius 3 is 2.62 bits per heavy atom. The number of benzene rings is 1. The van der Waals surface area contributed by atoms with Crippen molar-refractivity contribution in [2.45, 2.75) is 64.5 Å². The fourth-order valence-corrected chi connectivity index (χ4v) is 5.65. The number of likely N-dealkylation sites (tertiary alicyclic amines) is 1. The lowest BCUT2D eigenvalue weighted by atomic mass is 9.88. The summed E-state index contributed by atoms with van der Waals surface area (Å²) in [6.45, 7) is 7.53. The van der Waals surface area contributed by atoms with Gasteiger partial charge in [-0.2, -0.15) is 0 Å². The Labute approximate surface area is 178 Å². The number of nitrogens with zero attached hydrogens (tertiary/aromatic N) is 2. The molecular weight excluding hydrogens is 382 g/mol.